The number of hydrogen-bond acceptors (Lipinski definition) is 3. The Kier molecular flexibility index (Phi) is 5.69. The lowest BCUT2D eigenvalue weighted by molar-refractivity contribution is -0.118. The lowest BCUT2D eigenvalue weighted by Gasteiger charge is -2.06. The summed E-state index contributed by atoms with van der Waals surface area (Å²) >= 11 is 11.9. The molecule has 1 aromatic heterocycles. The zero-order valence-electron chi connectivity index (χ0n) is 14.4. The van der Waals surface area contributed by atoms with Gasteiger partial charge in [0.25, 0.3) is 5.91 Å². The van der Waals surface area contributed by atoms with E-state index in [0.29, 0.717) is 16.3 Å². The van der Waals surface area contributed by atoms with Gasteiger partial charge in [0.05, 0.1) is 10.7 Å². The van der Waals surface area contributed by atoms with Crippen molar-refractivity contribution >= 4 is 57.7 Å². The van der Waals surface area contributed by atoms with Gasteiger partial charge in [-0.3, -0.25) is 9.59 Å². The molecule has 0 atom stereocenters. The van der Waals surface area contributed by atoms with Crippen LogP contribution in [0.2, 0.25) is 10.0 Å². The van der Waals surface area contributed by atoms with Crippen LogP contribution in [-0.2, 0) is 16.1 Å². The van der Waals surface area contributed by atoms with Crippen molar-refractivity contribution < 1.29 is 9.59 Å². The average Bonchev–Trinajstić information content (AvgIpc) is 2.99. The van der Waals surface area contributed by atoms with Crippen molar-refractivity contribution in [1.82, 2.24) is 4.57 Å². The number of rotatable bonds is 5. The third kappa shape index (κ3) is 4.17. The fourth-order valence-electron chi connectivity index (χ4n) is 2.77. The van der Waals surface area contributed by atoms with Crippen LogP contribution in [0.4, 0.5) is 5.69 Å². The molecule has 3 aromatic rings. The van der Waals surface area contributed by atoms with Crippen molar-refractivity contribution in [3.05, 3.63) is 69.8 Å². The number of fused-ring (bicyclic) bond motifs is 1. The van der Waals surface area contributed by atoms with E-state index in [1.807, 2.05) is 30.3 Å². The van der Waals surface area contributed by atoms with E-state index in [-0.39, 0.29) is 17.1 Å². The van der Waals surface area contributed by atoms with Crippen LogP contribution in [0.15, 0.2) is 54.2 Å². The van der Waals surface area contributed by atoms with Gasteiger partial charge in [0, 0.05) is 27.7 Å². The van der Waals surface area contributed by atoms with E-state index >= 15 is 0 Å². The molecule has 140 valence electrons. The number of nitrogens with one attached hydrogen (secondary N) is 1. The number of anilines is 1. The van der Waals surface area contributed by atoms with E-state index in [2.05, 4.69) is 5.32 Å². The van der Waals surface area contributed by atoms with Gasteiger partial charge in [-0.1, -0.05) is 41.4 Å². The lowest BCUT2D eigenvalue weighted by atomic mass is 10.1. The van der Waals surface area contributed by atoms with Crippen LogP contribution < -0.4 is 11.1 Å². The number of nitriles is 1. The first-order valence-electron chi connectivity index (χ1n) is 8.13. The smallest absolute Gasteiger partial charge is 0.266 e. The van der Waals surface area contributed by atoms with Crippen LogP contribution in [0, 0.1) is 11.3 Å². The number of nitrogens with zero attached hydrogens (tertiary/aromatic N) is 2. The van der Waals surface area contributed by atoms with Gasteiger partial charge in [0.1, 0.15) is 18.2 Å². The van der Waals surface area contributed by atoms with Gasteiger partial charge < -0.3 is 15.6 Å². The maximum absolute atomic E-state index is 12.5. The molecule has 0 unspecified atom stereocenters. The number of para-hydroxylation sites is 1. The van der Waals surface area contributed by atoms with Crippen LogP contribution in [0.5, 0.6) is 0 Å². The normalized spacial score (nSPS) is 11.2. The molecular formula is C20H14Cl2N4O2. The quantitative estimate of drug-likeness (QED) is 0.489. The highest BCUT2D eigenvalue weighted by molar-refractivity contribution is 6.37. The maximum Gasteiger partial charge on any atom is 0.266 e. The third-order valence-electron chi connectivity index (χ3n) is 3.99. The monoisotopic (exact) mass is 412 g/mol. The molecule has 0 saturated heterocycles. The second kappa shape index (κ2) is 8.17. The van der Waals surface area contributed by atoms with Gasteiger partial charge in [-0.2, -0.15) is 5.26 Å². The average molecular weight is 413 g/mol. The minimum Gasteiger partial charge on any atom is -0.368 e. The number of halogens is 2. The van der Waals surface area contributed by atoms with Gasteiger partial charge in [-0.15, -0.1) is 0 Å². The number of carbonyl (C=O) groups is 2. The van der Waals surface area contributed by atoms with Gasteiger partial charge >= 0.3 is 0 Å². The molecule has 0 aliphatic rings. The largest absolute Gasteiger partial charge is 0.368 e. The van der Waals surface area contributed by atoms with Crippen LogP contribution >= 0.6 is 23.2 Å². The summed E-state index contributed by atoms with van der Waals surface area (Å²) in [4.78, 5) is 23.8. The first-order valence-corrected chi connectivity index (χ1v) is 8.89. The Morgan fingerprint density at radius 1 is 1.21 bits per heavy atom. The first-order chi connectivity index (χ1) is 13.4. The predicted octanol–water partition coefficient (Wildman–Crippen LogP) is 3.98. The summed E-state index contributed by atoms with van der Waals surface area (Å²) in [6.45, 7) is -0.0111. The number of amides is 2. The van der Waals surface area contributed by atoms with Gasteiger partial charge in [0.15, 0.2) is 0 Å². The number of hydrogen-bond donors (Lipinski definition) is 2. The summed E-state index contributed by atoms with van der Waals surface area (Å²) in [6, 6.07) is 13.8. The minimum absolute atomic E-state index is 0.0111. The highest BCUT2D eigenvalue weighted by atomic mass is 35.5. The van der Waals surface area contributed by atoms with E-state index in [1.165, 1.54) is 12.1 Å². The van der Waals surface area contributed by atoms with Crippen molar-refractivity contribution in [3.8, 4) is 6.07 Å². The summed E-state index contributed by atoms with van der Waals surface area (Å²) in [5.41, 5.74) is 6.91. The molecule has 0 aliphatic carbocycles. The number of benzene rings is 2. The van der Waals surface area contributed by atoms with E-state index in [0.717, 1.165) is 10.9 Å². The summed E-state index contributed by atoms with van der Waals surface area (Å²) < 4.78 is 1.67. The SMILES string of the molecule is N#C/C(=C\c1cn(CC(N)=O)c2ccccc12)C(=O)Nc1ccc(Cl)cc1Cl. The van der Waals surface area contributed by atoms with E-state index < -0.39 is 11.8 Å². The highest BCUT2D eigenvalue weighted by Crippen LogP contribution is 2.27. The standard InChI is InChI=1S/C20H14Cl2N4O2/c21-14-5-6-17(16(22)8-14)25-20(28)12(9-23)7-13-10-26(11-19(24)27)18-4-2-1-3-15(13)18/h1-8,10H,11H2,(H2,24,27)(H,25,28)/b12-7+. The van der Waals surface area contributed by atoms with Crippen molar-refractivity contribution in [3.63, 3.8) is 0 Å². The first kappa shape index (κ1) is 19.5. The van der Waals surface area contributed by atoms with Crippen molar-refractivity contribution in [1.29, 1.82) is 5.26 Å². The molecule has 0 saturated carbocycles. The van der Waals surface area contributed by atoms with Crippen LogP contribution in [-0.4, -0.2) is 16.4 Å². The van der Waals surface area contributed by atoms with Crippen molar-refractivity contribution in [2.24, 2.45) is 5.73 Å². The fourth-order valence-corrected chi connectivity index (χ4v) is 3.23. The molecule has 28 heavy (non-hydrogen) atoms. The summed E-state index contributed by atoms with van der Waals surface area (Å²) in [5.74, 6) is -1.11. The second-order valence-corrected chi connectivity index (χ2v) is 6.79. The fraction of sp³-hybridized carbons (Fsp3) is 0.0500. The number of primary amides is 1. The topological polar surface area (TPSA) is 101 Å². The van der Waals surface area contributed by atoms with E-state index in [4.69, 9.17) is 28.9 Å². The number of nitrogens with two attached hydrogens (primary N) is 1. The third-order valence-corrected chi connectivity index (χ3v) is 4.54. The Bertz CT molecular complexity index is 1160. The van der Waals surface area contributed by atoms with Crippen LogP contribution in [0.3, 0.4) is 0 Å². The van der Waals surface area contributed by atoms with Gasteiger partial charge in [-0.25, -0.2) is 0 Å². The number of carbonyl (C=O) groups excluding carboxylic acids is 2. The molecule has 0 spiro atoms. The molecule has 0 aliphatic heterocycles. The minimum atomic E-state index is -0.613. The molecule has 2 aromatic carbocycles. The molecule has 1 heterocycles. The number of aromatic nitrogens is 1. The highest BCUT2D eigenvalue weighted by Gasteiger charge is 2.14. The van der Waals surface area contributed by atoms with Crippen LogP contribution in [0.1, 0.15) is 5.56 Å². The van der Waals surface area contributed by atoms with Gasteiger partial charge in [-0.05, 0) is 30.3 Å². The predicted molar refractivity (Wildman–Crippen MR) is 110 cm³/mol. The van der Waals surface area contributed by atoms with Crippen LogP contribution in [0.25, 0.3) is 17.0 Å². The van der Waals surface area contributed by atoms with Crippen molar-refractivity contribution in [2.75, 3.05) is 5.32 Å². The Hall–Kier alpha value is -3.27. The van der Waals surface area contributed by atoms with E-state index in [1.54, 1.807) is 22.9 Å². The Morgan fingerprint density at radius 3 is 2.64 bits per heavy atom. The maximum atomic E-state index is 12.5. The molecule has 3 rings (SSSR count). The summed E-state index contributed by atoms with van der Waals surface area (Å²) in [6.07, 6.45) is 3.13. The van der Waals surface area contributed by atoms with Gasteiger partial charge in [0.2, 0.25) is 5.91 Å². The Morgan fingerprint density at radius 2 is 1.96 bits per heavy atom. The molecule has 3 N–H and O–H groups in total. The molecule has 8 heteroatoms. The second-order valence-electron chi connectivity index (χ2n) is 5.94. The molecule has 6 nitrogen and oxygen atoms in total. The summed E-state index contributed by atoms with van der Waals surface area (Å²) in [7, 11) is 0. The van der Waals surface area contributed by atoms with E-state index in [9.17, 15) is 14.9 Å². The molecule has 0 fully saturated rings. The zero-order chi connectivity index (χ0) is 20.3. The zero-order valence-corrected chi connectivity index (χ0v) is 16.0. The Balaban J connectivity index is 1.97. The molecule has 2 amide bonds. The Labute approximate surface area is 170 Å². The molecule has 0 bridgehead atoms. The molecular weight excluding hydrogens is 399 g/mol. The molecule has 0 radical (unpaired) electrons. The van der Waals surface area contributed by atoms with Crippen molar-refractivity contribution in [2.45, 2.75) is 6.54 Å². The summed E-state index contributed by atoms with van der Waals surface area (Å²) in [5, 5.41) is 13.5. The lowest BCUT2D eigenvalue weighted by Crippen LogP contribution is -2.17.